The van der Waals surface area contributed by atoms with Gasteiger partial charge in [0.15, 0.2) is 5.16 Å². The maximum absolute atomic E-state index is 11.8. The standard InChI is InChI=1S/C12H14N4OS.CH2O2/c1-7-10(14-6-13-7)5-18-12-15-9-4-2-3-8(9)11(17)16-12;2-1-3/h6H,2-5H2,1H3,(H,13,14)(H,15,16,17);1H,(H,2,3). The lowest BCUT2D eigenvalue weighted by atomic mass is 10.3. The molecule has 2 aromatic heterocycles. The van der Waals surface area contributed by atoms with Crippen molar-refractivity contribution < 1.29 is 9.90 Å². The molecule has 1 aliphatic rings. The maximum atomic E-state index is 11.8. The van der Waals surface area contributed by atoms with Gasteiger partial charge < -0.3 is 15.1 Å². The highest BCUT2D eigenvalue weighted by Crippen LogP contribution is 2.22. The van der Waals surface area contributed by atoms with Crippen LogP contribution in [0, 0.1) is 6.92 Å². The number of thioether (sulfide) groups is 1. The molecule has 0 aromatic carbocycles. The van der Waals surface area contributed by atoms with E-state index in [2.05, 4.69) is 19.9 Å². The van der Waals surface area contributed by atoms with Gasteiger partial charge in [-0.2, -0.15) is 0 Å². The van der Waals surface area contributed by atoms with Crippen LogP contribution in [0.2, 0.25) is 0 Å². The molecular weight excluding hydrogens is 292 g/mol. The van der Waals surface area contributed by atoms with E-state index in [1.54, 1.807) is 6.33 Å². The average molecular weight is 308 g/mol. The summed E-state index contributed by atoms with van der Waals surface area (Å²) < 4.78 is 0. The molecule has 3 N–H and O–H groups in total. The molecule has 0 fully saturated rings. The minimum atomic E-state index is -0.250. The van der Waals surface area contributed by atoms with Crippen molar-refractivity contribution in [2.24, 2.45) is 0 Å². The molecule has 0 radical (unpaired) electrons. The number of fused-ring (bicyclic) bond motifs is 1. The van der Waals surface area contributed by atoms with Crippen molar-refractivity contribution in [3.05, 3.63) is 39.3 Å². The molecule has 3 rings (SSSR count). The van der Waals surface area contributed by atoms with Crippen LogP contribution >= 0.6 is 11.8 Å². The zero-order valence-electron chi connectivity index (χ0n) is 11.5. The third-order valence-electron chi connectivity index (χ3n) is 3.20. The number of H-pyrrole nitrogens is 2. The summed E-state index contributed by atoms with van der Waals surface area (Å²) in [7, 11) is 0. The van der Waals surface area contributed by atoms with Crippen molar-refractivity contribution >= 4 is 18.2 Å². The fourth-order valence-electron chi connectivity index (χ4n) is 2.16. The van der Waals surface area contributed by atoms with Gasteiger partial charge in [-0.1, -0.05) is 11.8 Å². The summed E-state index contributed by atoms with van der Waals surface area (Å²) in [5.41, 5.74) is 3.93. The van der Waals surface area contributed by atoms with Gasteiger partial charge in [-0.05, 0) is 26.2 Å². The lowest BCUT2D eigenvalue weighted by Crippen LogP contribution is -2.14. The molecule has 112 valence electrons. The first-order valence-corrected chi connectivity index (χ1v) is 7.45. The quantitative estimate of drug-likeness (QED) is 0.447. The molecule has 1 aliphatic carbocycles. The number of nitrogens with one attached hydrogen (secondary N) is 2. The summed E-state index contributed by atoms with van der Waals surface area (Å²) in [5, 5.41) is 7.59. The molecule has 0 spiro atoms. The Kier molecular flexibility index (Phi) is 5.15. The van der Waals surface area contributed by atoms with Crippen LogP contribution in [0.1, 0.15) is 29.1 Å². The normalized spacial score (nSPS) is 12.4. The molecule has 7 nitrogen and oxygen atoms in total. The van der Waals surface area contributed by atoms with Gasteiger partial charge in [0.25, 0.3) is 12.0 Å². The SMILES string of the molecule is Cc1[nH]cnc1CSc1nc2c(c(=O)[nH]1)CCC2.O=CO. The van der Waals surface area contributed by atoms with Crippen LogP contribution in [0.25, 0.3) is 0 Å². The number of aryl methyl sites for hydroxylation is 2. The predicted octanol–water partition coefficient (Wildman–Crippen LogP) is 1.28. The smallest absolute Gasteiger partial charge is 0.290 e. The average Bonchev–Trinajstić information content (AvgIpc) is 3.06. The zero-order valence-corrected chi connectivity index (χ0v) is 12.4. The number of aromatic amines is 2. The summed E-state index contributed by atoms with van der Waals surface area (Å²) in [6.45, 7) is 1.74. The number of nitrogens with zero attached hydrogens (tertiary/aromatic N) is 2. The Balaban J connectivity index is 0.000000497. The highest BCUT2D eigenvalue weighted by molar-refractivity contribution is 7.98. The molecule has 8 heteroatoms. The Morgan fingerprint density at radius 2 is 2.24 bits per heavy atom. The minimum Gasteiger partial charge on any atom is -0.483 e. The lowest BCUT2D eigenvalue weighted by Gasteiger charge is -2.03. The third-order valence-corrected chi connectivity index (χ3v) is 4.08. The number of imidazole rings is 1. The van der Waals surface area contributed by atoms with E-state index in [4.69, 9.17) is 9.90 Å². The van der Waals surface area contributed by atoms with E-state index in [0.29, 0.717) is 5.16 Å². The topological polar surface area (TPSA) is 112 Å². The van der Waals surface area contributed by atoms with Crippen LogP contribution in [0.15, 0.2) is 16.3 Å². The van der Waals surface area contributed by atoms with Crippen molar-refractivity contribution in [1.29, 1.82) is 0 Å². The Morgan fingerprint density at radius 1 is 1.48 bits per heavy atom. The lowest BCUT2D eigenvalue weighted by molar-refractivity contribution is -0.122. The van der Waals surface area contributed by atoms with E-state index in [1.807, 2.05) is 6.92 Å². The van der Waals surface area contributed by atoms with Crippen molar-refractivity contribution in [3.63, 3.8) is 0 Å². The summed E-state index contributed by atoms with van der Waals surface area (Å²) in [6, 6.07) is 0. The number of hydrogen-bond acceptors (Lipinski definition) is 5. The fourth-order valence-corrected chi connectivity index (χ4v) is 3.06. The van der Waals surface area contributed by atoms with Crippen LogP contribution < -0.4 is 5.56 Å². The molecule has 2 aromatic rings. The van der Waals surface area contributed by atoms with Crippen LogP contribution in [-0.4, -0.2) is 31.5 Å². The number of hydrogen-bond donors (Lipinski definition) is 3. The van der Waals surface area contributed by atoms with Crippen LogP contribution in [-0.2, 0) is 23.4 Å². The third kappa shape index (κ3) is 3.72. The number of rotatable bonds is 3. The van der Waals surface area contributed by atoms with Crippen LogP contribution in [0.3, 0.4) is 0 Å². The van der Waals surface area contributed by atoms with Gasteiger partial charge in [0.1, 0.15) is 0 Å². The Morgan fingerprint density at radius 3 is 2.90 bits per heavy atom. The van der Waals surface area contributed by atoms with Gasteiger partial charge >= 0.3 is 0 Å². The summed E-state index contributed by atoms with van der Waals surface area (Å²) in [4.78, 5) is 34.8. The van der Waals surface area contributed by atoms with Gasteiger partial charge in [0, 0.05) is 17.0 Å². The first kappa shape index (κ1) is 15.3. The highest BCUT2D eigenvalue weighted by atomic mass is 32.2. The van der Waals surface area contributed by atoms with E-state index in [-0.39, 0.29) is 12.0 Å². The van der Waals surface area contributed by atoms with E-state index in [0.717, 1.165) is 47.7 Å². The van der Waals surface area contributed by atoms with E-state index in [9.17, 15) is 4.79 Å². The molecule has 21 heavy (non-hydrogen) atoms. The first-order valence-electron chi connectivity index (χ1n) is 6.47. The molecule has 2 heterocycles. The molecule has 0 bridgehead atoms. The molecule has 0 aliphatic heterocycles. The Labute approximate surface area is 125 Å². The van der Waals surface area contributed by atoms with Crippen LogP contribution in [0.5, 0.6) is 0 Å². The van der Waals surface area contributed by atoms with Gasteiger partial charge in [0.2, 0.25) is 0 Å². The van der Waals surface area contributed by atoms with Crippen molar-refractivity contribution in [3.8, 4) is 0 Å². The fraction of sp³-hybridized carbons (Fsp3) is 0.385. The van der Waals surface area contributed by atoms with Gasteiger partial charge in [-0.15, -0.1) is 0 Å². The molecule has 0 unspecified atom stereocenters. The van der Waals surface area contributed by atoms with Crippen LogP contribution in [0.4, 0.5) is 0 Å². The maximum Gasteiger partial charge on any atom is 0.290 e. The zero-order chi connectivity index (χ0) is 15.2. The second-order valence-corrected chi connectivity index (χ2v) is 5.48. The largest absolute Gasteiger partial charge is 0.483 e. The van der Waals surface area contributed by atoms with Gasteiger partial charge in [-0.3, -0.25) is 9.59 Å². The Bertz CT molecular complexity index is 680. The summed E-state index contributed by atoms with van der Waals surface area (Å²) in [5.74, 6) is 0.719. The molecule has 0 saturated carbocycles. The highest BCUT2D eigenvalue weighted by Gasteiger charge is 2.17. The molecule has 0 saturated heterocycles. The van der Waals surface area contributed by atoms with Gasteiger partial charge in [-0.25, -0.2) is 9.97 Å². The molecule has 0 amide bonds. The second kappa shape index (κ2) is 7.07. The molecular formula is C13H16N4O3S. The van der Waals surface area contributed by atoms with Crippen molar-refractivity contribution in [1.82, 2.24) is 19.9 Å². The summed E-state index contributed by atoms with van der Waals surface area (Å²) >= 11 is 1.52. The van der Waals surface area contributed by atoms with E-state index in [1.165, 1.54) is 11.8 Å². The number of aromatic nitrogens is 4. The summed E-state index contributed by atoms with van der Waals surface area (Å²) in [6.07, 6.45) is 4.51. The Hall–Kier alpha value is -2.09. The first-order chi connectivity index (χ1) is 10.2. The van der Waals surface area contributed by atoms with Crippen molar-refractivity contribution in [2.75, 3.05) is 0 Å². The van der Waals surface area contributed by atoms with Crippen molar-refractivity contribution in [2.45, 2.75) is 37.1 Å². The second-order valence-electron chi connectivity index (χ2n) is 4.52. The predicted molar refractivity (Wildman–Crippen MR) is 78.5 cm³/mol. The van der Waals surface area contributed by atoms with E-state index >= 15 is 0 Å². The monoisotopic (exact) mass is 308 g/mol. The van der Waals surface area contributed by atoms with Gasteiger partial charge in [0.05, 0.1) is 17.7 Å². The number of carbonyl (C=O) groups is 1. The number of carboxylic acid groups (broad SMARTS) is 1. The molecule has 0 atom stereocenters. The minimum absolute atomic E-state index is 0.0266. The van der Waals surface area contributed by atoms with E-state index < -0.39 is 0 Å².